The van der Waals surface area contributed by atoms with Crippen LogP contribution in [0.15, 0.2) is 12.1 Å². The van der Waals surface area contributed by atoms with Crippen LogP contribution in [0.3, 0.4) is 0 Å². The zero-order valence-electron chi connectivity index (χ0n) is 11.6. The Bertz CT molecular complexity index is 506. The molecule has 1 fully saturated rings. The minimum Gasteiger partial charge on any atom is -0.205 e. The van der Waals surface area contributed by atoms with Gasteiger partial charge in [0.2, 0.25) is 0 Å². The van der Waals surface area contributed by atoms with Crippen molar-refractivity contribution in [1.29, 1.82) is 5.26 Å². The normalized spacial score (nSPS) is 26.2. The largest absolute Gasteiger partial charge is 0.205 e. The summed E-state index contributed by atoms with van der Waals surface area (Å²) in [4.78, 5) is 0. The van der Waals surface area contributed by atoms with Crippen molar-refractivity contribution in [2.75, 3.05) is 0 Å². The van der Waals surface area contributed by atoms with Crippen LogP contribution in [0.5, 0.6) is 0 Å². The molecule has 1 aliphatic heterocycles. The first kappa shape index (κ1) is 15.5. The van der Waals surface area contributed by atoms with Crippen molar-refractivity contribution < 1.29 is 8.78 Å². The van der Waals surface area contributed by atoms with Gasteiger partial charge in [0.15, 0.2) is 7.38 Å². The van der Waals surface area contributed by atoms with E-state index >= 15 is 0 Å². The lowest BCUT2D eigenvalue weighted by molar-refractivity contribution is 0.436. The van der Waals surface area contributed by atoms with Crippen LogP contribution in [0, 0.1) is 28.9 Å². The molecule has 20 heavy (non-hydrogen) atoms. The molecule has 1 heterocycles. The van der Waals surface area contributed by atoms with Crippen LogP contribution in [-0.2, 0) is 6.42 Å². The fourth-order valence-corrected chi connectivity index (χ4v) is 5.74. The maximum absolute atomic E-state index is 13.5. The van der Waals surface area contributed by atoms with E-state index in [1.807, 2.05) is 0 Å². The Kier molecular flexibility index (Phi) is 4.82. The van der Waals surface area contributed by atoms with Crippen molar-refractivity contribution in [3.05, 3.63) is 34.9 Å². The maximum Gasteiger partial charge on any atom is 0.153 e. The first-order chi connectivity index (χ1) is 9.41. The van der Waals surface area contributed by atoms with Gasteiger partial charge >= 0.3 is 0 Å². The van der Waals surface area contributed by atoms with Gasteiger partial charge in [0.05, 0.1) is 0 Å². The highest BCUT2D eigenvalue weighted by Crippen LogP contribution is 2.36. The molecular weight excluding hydrogens is 296 g/mol. The average Bonchev–Trinajstić information content (AvgIpc) is 2.37. The summed E-state index contributed by atoms with van der Waals surface area (Å²) in [6.45, 7) is 2.20. The fraction of sp³-hybridized carbons (Fsp3) is 0.533. The van der Waals surface area contributed by atoms with Gasteiger partial charge in [0.1, 0.15) is 23.3 Å². The summed E-state index contributed by atoms with van der Waals surface area (Å²) in [7, 11) is -1.45. The molecule has 5 heteroatoms. The quantitative estimate of drug-likeness (QED) is 0.569. The van der Waals surface area contributed by atoms with Crippen LogP contribution in [0.25, 0.3) is 0 Å². The number of nitrogens with zero attached hydrogens (tertiary/aromatic N) is 1. The topological polar surface area (TPSA) is 23.8 Å². The van der Waals surface area contributed by atoms with Gasteiger partial charge in [0, 0.05) is 0 Å². The van der Waals surface area contributed by atoms with Crippen molar-refractivity contribution >= 4 is 18.5 Å². The highest BCUT2D eigenvalue weighted by molar-refractivity contribution is 7.19. The monoisotopic (exact) mass is 313 g/mol. The average molecular weight is 314 g/mol. The van der Waals surface area contributed by atoms with Crippen molar-refractivity contribution in [2.24, 2.45) is 5.92 Å². The third-order valence-corrected chi connectivity index (χ3v) is 8.00. The van der Waals surface area contributed by atoms with Gasteiger partial charge in [-0.05, 0) is 48.5 Å². The second-order valence-electron chi connectivity index (χ2n) is 5.94. The molecule has 0 spiro atoms. The number of hydrogen-bond acceptors (Lipinski definition) is 1. The van der Waals surface area contributed by atoms with Crippen molar-refractivity contribution in [2.45, 2.75) is 44.3 Å². The molecular formula is C15H18ClF2NSi. The van der Waals surface area contributed by atoms with Gasteiger partial charge < -0.3 is 0 Å². The van der Waals surface area contributed by atoms with Crippen LogP contribution in [0.2, 0.25) is 18.6 Å². The maximum atomic E-state index is 13.5. The molecule has 1 aromatic rings. The highest BCUT2D eigenvalue weighted by atomic mass is 35.6. The fourth-order valence-electron chi connectivity index (χ4n) is 2.82. The van der Waals surface area contributed by atoms with Crippen LogP contribution in [-0.4, -0.2) is 7.38 Å². The Labute approximate surface area is 124 Å². The summed E-state index contributed by atoms with van der Waals surface area (Å²) in [5, 5.41) is 8.63. The summed E-state index contributed by atoms with van der Waals surface area (Å²) in [5.41, 5.74) is 0.144. The van der Waals surface area contributed by atoms with Gasteiger partial charge in [-0.15, -0.1) is 0 Å². The minimum absolute atomic E-state index is 0.490. The van der Waals surface area contributed by atoms with Gasteiger partial charge in [-0.3, -0.25) is 0 Å². The number of aryl methyl sites for hydroxylation is 1. The van der Waals surface area contributed by atoms with Crippen molar-refractivity contribution in [3.8, 4) is 6.07 Å². The van der Waals surface area contributed by atoms with E-state index in [-0.39, 0.29) is 0 Å². The lowest BCUT2D eigenvalue weighted by atomic mass is 9.94. The second kappa shape index (κ2) is 6.24. The molecule has 108 valence electrons. The predicted molar refractivity (Wildman–Crippen MR) is 79.2 cm³/mol. The molecule has 0 unspecified atom stereocenters. The molecule has 1 aliphatic rings. The van der Waals surface area contributed by atoms with Crippen LogP contribution >= 0.6 is 11.1 Å². The Morgan fingerprint density at radius 1 is 1.30 bits per heavy atom. The van der Waals surface area contributed by atoms with E-state index in [2.05, 4.69) is 6.55 Å². The van der Waals surface area contributed by atoms with E-state index in [1.54, 1.807) is 6.07 Å². The Balaban J connectivity index is 1.94. The van der Waals surface area contributed by atoms with Crippen molar-refractivity contribution in [3.63, 3.8) is 0 Å². The summed E-state index contributed by atoms with van der Waals surface area (Å²) in [6.07, 6.45) is 3.86. The summed E-state index contributed by atoms with van der Waals surface area (Å²) < 4.78 is 27.0. The number of hydrogen-bond donors (Lipinski definition) is 0. The third kappa shape index (κ3) is 3.80. The molecule has 2 rings (SSSR count). The molecule has 0 amide bonds. The molecule has 0 aliphatic carbocycles. The Morgan fingerprint density at radius 3 is 2.35 bits per heavy atom. The van der Waals surface area contributed by atoms with Crippen LogP contribution in [0.4, 0.5) is 8.78 Å². The minimum atomic E-state index is -1.45. The summed E-state index contributed by atoms with van der Waals surface area (Å²) in [5.74, 6) is -0.908. The van der Waals surface area contributed by atoms with E-state index in [4.69, 9.17) is 16.3 Å². The van der Waals surface area contributed by atoms with E-state index < -0.39 is 24.6 Å². The molecule has 0 atom stereocenters. The SMILES string of the molecule is C[Si]1(Cl)CCC(CCc2cc(F)c(C#N)c(F)c2)CC1. The van der Waals surface area contributed by atoms with Crippen LogP contribution < -0.4 is 0 Å². The number of nitriles is 1. The van der Waals surface area contributed by atoms with Crippen LogP contribution in [0.1, 0.15) is 30.4 Å². The molecule has 0 aromatic heterocycles. The third-order valence-electron chi connectivity index (χ3n) is 4.20. The second-order valence-corrected chi connectivity index (χ2v) is 12.5. The molecule has 0 saturated carbocycles. The molecule has 1 nitrogen and oxygen atoms in total. The summed E-state index contributed by atoms with van der Waals surface area (Å²) >= 11 is 6.44. The Morgan fingerprint density at radius 2 is 1.85 bits per heavy atom. The first-order valence-electron chi connectivity index (χ1n) is 6.98. The van der Waals surface area contributed by atoms with E-state index in [9.17, 15) is 8.78 Å². The lowest BCUT2D eigenvalue weighted by Crippen LogP contribution is -2.28. The standard InChI is InChI=1S/C15H18ClF2NSi/c1-20(16)6-4-11(5-7-20)2-3-12-8-14(17)13(10-19)15(18)9-12/h8-9,11H,2-7H2,1H3. The number of benzene rings is 1. The van der Waals surface area contributed by atoms with E-state index in [0.717, 1.165) is 31.4 Å². The van der Waals surface area contributed by atoms with Gasteiger partial charge in [-0.2, -0.15) is 16.3 Å². The van der Waals surface area contributed by atoms with Crippen molar-refractivity contribution in [1.82, 2.24) is 0 Å². The smallest absolute Gasteiger partial charge is 0.153 e. The Hall–Kier alpha value is -0.923. The molecule has 1 aromatic carbocycles. The zero-order valence-corrected chi connectivity index (χ0v) is 13.3. The molecule has 0 N–H and O–H groups in total. The molecule has 0 radical (unpaired) electrons. The van der Waals surface area contributed by atoms with Gasteiger partial charge in [0.25, 0.3) is 0 Å². The van der Waals surface area contributed by atoms with E-state index in [0.29, 0.717) is 17.9 Å². The lowest BCUT2D eigenvalue weighted by Gasteiger charge is -2.30. The highest BCUT2D eigenvalue weighted by Gasteiger charge is 2.31. The zero-order chi connectivity index (χ0) is 14.8. The van der Waals surface area contributed by atoms with E-state index in [1.165, 1.54) is 12.1 Å². The van der Waals surface area contributed by atoms with Gasteiger partial charge in [-0.1, -0.05) is 19.4 Å². The molecule has 0 bridgehead atoms. The summed E-state index contributed by atoms with van der Waals surface area (Å²) in [6, 6.07) is 6.38. The molecule has 1 saturated heterocycles. The van der Waals surface area contributed by atoms with Gasteiger partial charge in [-0.25, -0.2) is 8.78 Å². The predicted octanol–water partition coefficient (Wildman–Crippen LogP) is 4.99. The first-order valence-corrected chi connectivity index (χ1v) is 10.9. The number of halogens is 3. The number of rotatable bonds is 3.